The molecular weight excluding hydrogens is 209 g/mol. The highest BCUT2D eigenvalue weighted by Gasteiger charge is 2.06. The lowest BCUT2D eigenvalue weighted by molar-refractivity contribution is 0.389. The van der Waals surface area contributed by atoms with Crippen LogP contribution in [0.15, 0.2) is 29.6 Å². The zero-order valence-electron chi connectivity index (χ0n) is 8.66. The number of halogens is 1. The molecule has 1 aromatic carbocycles. The van der Waals surface area contributed by atoms with Gasteiger partial charge < -0.3 is 5.32 Å². The van der Waals surface area contributed by atoms with Crippen molar-refractivity contribution < 1.29 is 4.39 Å². The SMILES string of the molecule is CNC(CF)Cc1ccc2ccsc2c1. The van der Waals surface area contributed by atoms with Crippen molar-refractivity contribution in [3.05, 3.63) is 35.2 Å². The number of alkyl halides is 1. The van der Waals surface area contributed by atoms with Crippen LogP contribution in [0.4, 0.5) is 4.39 Å². The summed E-state index contributed by atoms with van der Waals surface area (Å²) < 4.78 is 13.8. The topological polar surface area (TPSA) is 12.0 Å². The Labute approximate surface area is 92.9 Å². The lowest BCUT2D eigenvalue weighted by Gasteiger charge is -2.11. The Hall–Kier alpha value is -0.930. The molecule has 15 heavy (non-hydrogen) atoms. The van der Waals surface area contributed by atoms with E-state index in [1.54, 1.807) is 18.4 Å². The highest BCUT2D eigenvalue weighted by molar-refractivity contribution is 7.17. The van der Waals surface area contributed by atoms with Crippen molar-refractivity contribution in [1.82, 2.24) is 5.32 Å². The second kappa shape index (κ2) is 4.73. The van der Waals surface area contributed by atoms with E-state index in [9.17, 15) is 4.39 Å². The van der Waals surface area contributed by atoms with Gasteiger partial charge in [0.05, 0.1) is 0 Å². The fourth-order valence-electron chi connectivity index (χ4n) is 1.64. The smallest absolute Gasteiger partial charge is 0.105 e. The van der Waals surface area contributed by atoms with Crippen LogP contribution < -0.4 is 5.32 Å². The molecule has 1 nitrogen and oxygen atoms in total. The Balaban J connectivity index is 2.20. The quantitative estimate of drug-likeness (QED) is 0.840. The summed E-state index contributed by atoms with van der Waals surface area (Å²) in [6, 6.07) is 8.37. The van der Waals surface area contributed by atoms with E-state index in [0.29, 0.717) is 0 Å². The average Bonchev–Trinajstić information content (AvgIpc) is 2.73. The second-order valence-electron chi connectivity index (χ2n) is 3.64. The molecular formula is C12H14FNS. The Kier molecular flexibility index (Phi) is 3.34. The van der Waals surface area contributed by atoms with E-state index in [4.69, 9.17) is 0 Å². The van der Waals surface area contributed by atoms with Crippen LogP contribution in [0.1, 0.15) is 5.56 Å². The molecule has 2 aromatic rings. The Morgan fingerprint density at radius 1 is 1.40 bits per heavy atom. The van der Waals surface area contributed by atoms with E-state index in [2.05, 4.69) is 35.0 Å². The highest BCUT2D eigenvalue weighted by Crippen LogP contribution is 2.22. The summed E-state index contributed by atoms with van der Waals surface area (Å²) in [4.78, 5) is 0. The van der Waals surface area contributed by atoms with Crippen molar-refractivity contribution in [1.29, 1.82) is 0 Å². The Morgan fingerprint density at radius 3 is 3.00 bits per heavy atom. The first-order valence-electron chi connectivity index (χ1n) is 5.03. The lowest BCUT2D eigenvalue weighted by atomic mass is 10.1. The first-order chi connectivity index (χ1) is 7.33. The average molecular weight is 223 g/mol. The Bertz CT molecular complexity index is 434. The number of hydrogen-bond donors (Lipinski definition) is 1. The molecule has 3 heteroatoms. The molecule has 0 bridgehead atoms. The fourth-order valence-corrected chi connectivity index (χ4v) is 2.50. The van der Waals surface area contributed by atoms with Crippen molar-refractivity contribution >= 4 is 21.4 Å². The molecule has 1 unspecified atom stereocenters. The lowest BCUT2D eigenvalue weighted by Crippen LogP contribution is -2.29. The largest absolute Gasteiger partial charge is 0.314 e. The number of rotatable bonds is 4. The maximum atomic E-state index is 12.5. The maximum Gasteiger partial charge on any atom is 0.105 e. The number of likely N-dealkylation sites (N-methyl/N-ethyl adjacent to an activating group) is 1. The monoisotopic (exact) mass is 223 g/mol. The van der Waals surface area contributed by atoms with Gasteiger partial charge in [-0.05, 0) is 41.9 Å². The van der Waals surface area contributed by atoms with Gasteiger partial charge in [0.1, 0.15) is 6.67 Å². The standard InChI is InChI=1S/C12H14FNS/c1-14-11(8-13)6-9-2-3-10-4-5-15-12(10)7-9/h2-5,7,11,14H,6,8H2,1H3. The summed E-state index contributed by atoms with van der Waals surface area (Å²) in [6.45, 7) is -0.320. The van der Waals surface area contributed by atoms with E-state index in [-0.39, 0.29) is 12.7 Å². The highest BCUT2D eigenvalue weighted by atomic mass is 32.1. The molecule has 0 saturated carbocycles. The van der Waals surface area contributed by atoms with Crippen molar-refractivity contribution in [3.8, 4) is 0 Å². The normalized spacial score (nSPS) is 13.2. The maximum absolute atomic E-state index is 12.5. The number of fused-ring (bicyclic) bond motifs is 1. The molecule has 0 amide bonds. The molecule has 1 aromatic heterocycles. The van der Waals surface area contributed by atoms with E-state index in [0.717, 1.165) is 6.42 Å². The van der Waals surface area contributed by atoms with Crippen molar-refractivity contribution in [3.63, 3.8) is 0 Å². The van der Waals surface area contributed by atoms with Gasteiger partial charge in [0.25, 0.3) is 0 Å². The van der Waals surface area contributed by atoms with Crippen LogP contribution >= 0.6 is 11.3 Å². The minimum absolute atomic E-state index is 0.0672. The molecule has 2 rings (SSSR count). The van der Waals surface area contributed by atoms with Crippen molar-refractivity contribution in [2.45, 2.75) is 12.5 Å². The molecule has 0 radical (unpaired) electrons. The molecule has 1 heterocycles. The van der Waals surface area contributed by atoms with Gasteiger partial charge in [-0.1, -0.05) is 12.1 Å². The van der Waals surface area contributed by atoms with Gasteiger partial charge in [-0.3, -0.25) is 0 Å². The van der Waals surface area contributed by atoms with E-state index in [1.807, 2.05) is 0 Å². The van der Waals surface area contributed by atoms with Crippen LogP contribution in [0.3, 0.4) is 0 Å². The summed E-state index contributed by atoms with van der Waals surface area (Å²) in [5.41, 5.74) is 1.20. The van der Waals surface area contributed by atoms with Crippen LogP contribution in [-0.4, -0.2) is 19.8 Å². The summed E-state index contributed by atoms with van der Waals surface area (Å²) in [5, 5.41) is 6.32. The van der Waals surface area contributed by atoms with Crippen LogP contribution in [-0.2, 0) is 6.42 Å². The molecule has 80 valence electrons. The molecule has 0 spiro atoms. The van der Waals surface area contributed by atoms with Gasteiger partial charge in [-0.2, -0.15) is 0 Å². The third-order valence-electron chi connectivity index (χ3n) is 2.60. The van der Waals surface area contributed by atoms with Gasteiger partial charge >= 0.3 is 0 Å². The third-order valence-corrected chi connectivity index (χ3v) is 3.48. The predicted molar refractivity (Wildman–Crippen MR) is 64.4 cm³/mol. The zero-order chi connectivity index (χ0) is 10.7. The van der Waals surface area contributed by atoms with Crippen molar-refractivity contribution in [2.75, 3.05) is 13.7 Å². The minimum atomic E-state index is -0.320. The number of thiophene rings is 1. The first-order valence-corrected chi connectivity index (χ1v) is 5.91. The molecule has 0 aliphatic rings. The third kappa shape index (κ3) is 2.36. The number of benzene rings is 1. The van der Waals surface area contributed by atoms with Crippen LogP contribution in [0.5, 0.6) is 0 Å². The van der Waals surface area contributed by atoms with Gasteiger partial charge in [0, 0.05) is 10.7 Å². The van der Waals surface area contributed by atoms with Crippen LogP contribution in [0.25, 0.3) is 10.1 Å². The summed E-state index contributed by atoms with van der Waals surface area (Å²) in [5.74, 6) is 0. The van der Waals surface area contributed by atoms with Gasteiger partial charge in [-0.25, -0.2) is 4.39 Å². The summed E-state index contributed by atoms with van der Waals surface area (Å²) >= 11 is 1.73. The summed E-state index contributed by atoms with van der Waals surface area (Å²) in [6.07, 6.45) is 0.751. The van der Waals surface area contributed by atoms with E-state index < -0.39 is 0 Å². The number of nitrogens with one attached hydrogen (secondary N) is 1. The first kappa shape index (κ1) is 10.6. The molecule has 1 atom stereocenters. The molecule has 0 aliphatic heterocycles. The van der Waals surface area contributed by atoms with Gasteiger partial charge in [-0.15, -0.1) is 11.3 Å². The van der Waals surface area contributed by atoms with Crippen molar-refractivity contribution in [2.24, 2.45) is 0 Å². The molecule has 0 saturated heterocycles. The predicted octanol–water partition coefficient (Wildman–Crippen LogP) is 3.00. The second-order valence-corrected chi connectivity index (χ2v) is 4.58. The zero-order valence-corrected chi connectivity index (χ0v) is 9.48. The fraction of sp³-hybridized carbons (Fsp3) is 0.333. The minimum Gasteiger partial charge on any atom is -0.314 e. The summed E-state index contributed by atoms with van der Waals surface area (Å²) in [7, 11) is 1.80. The van der Waals surface area contributed by atoms with Crippen LogP contribution in [0, 0.1) is 0 Å². The van der Waals surface area contributed by atoms with Gasteiger partial charge in [0.15, 0.2) is 0 Å². The molecule has 0 fully saturated rings. The molecule has 1 N–H and O–H groups in total. The number of hydrogen-bond acceptors (Lipinski definition) is 2. The Morgan fingerprint density at radius 2 is 2.27 bits per heavy atom. The van der Waals surface area contributed by atoms with E-state index in [1.165, 1.54) is 15.6 Å². The van der Waals surface area contributed by atoms with E-state index >= 15 is 0 Å². The molecule has 0 aliphatic carbocycles. The van der Waals surface area contributed by atoms with Gasteiger partial charge in [0.2, 0.25) is 0 Å². The van der Waals surface area contributed by atoms with Crippen LogP contribution in [0.2, 0.25) is 0 Å².